The molecule has 1 atom stereocenters. The standard InChI is InChI=1S/C13H18N2O5S/c1-9(16)14-12(8-13(17)15-21(3,18)19)10-4-6-11(20-2)7-5-10/h4-7,12H,8H2,1-3H3,(H,14,16)(H,15,17)/t12-/m1/s1. The van der Waals surface area contributed by atoms with E-state index in [0.29, 0.717) is 11.3 Å². The van der Waals surface area contributed by atoms with Crippen LogP contribution in [0.25, 0.3) is 0 Å². The largest absolute Gasteiger partial charge is 0.497 e. The Morgan fingerprint density at radius 3 is 2.24 bits per heavy atom. The molecule has 0 saturated carbocycles. The number of methoxy groups -OCH3 is 1. The molecule has 0 fully saturated rings. The van der Waals surface area contributed by atoms with E-state index in [2.05, 4.69) is 5.32 Å². The van der Waals surface area contributed by atoms with E-state index < -0.39 is 22.0 Å². The fraction of sp³-hybridized carbons (Fsp3) is 0.385. The lowest BCUT2D eigenvalue weighted by molar-refractivity contribution is -0.121. The van der Waals surface area contributed by atoms with Crippen molar-refractivity contribution in [2.24, 2.45) is 0 Å². The van der Waals surface area contributed by atoms with Crippen LogP contribution in [-0.2, 0) is 19.6 Å². The third-order valence-corrected chi connectivity index (χ3v) is 3.18. The Bertz CT molecular complexity index is 610. The second-order valence-electron chi connectivity index (χ2n) is 4.53. The molecule has 0 aliphatic rings. The van der Waals surface area contributed by atoms with Gasteiger partial charge in [0.15, 0.2) is 0 Å². The summed E-state index contributed by atoms with van der Waals surface area (Å²) in [7, 11) is -2.09. The SMILES string of the molecule is COc1ccc([C@@H](CC(=O)NS(C)(=O)=O)NC(C)=O)cc1. The van der Waals surface area contributed by atoms with Crippen molar-refractivity contribution in [1.29, 1.82) is 0 Å². The Morgan fingerprint density at radius 1 is 1.24 bits per heavy atom. The first-order chi connectivity index (χ1) is 9.71. The van der Waals surface area contributed by atoms with Gasteiger partial charge < -0.3 is 10.1 Å². The highest BCUT2D eigenvalue weighted by atomic mass is 32.2. The summed E-state index contributed by atoms with van der Waals surface area (Å²) in [5.74, 6) is -0.365. The van der Waals surface area contributed by atoms with E-state index in [9.17, 15) is 18.0 Å². The molecule has 1 rings (SSSR count). The minimum atomic E-state index is -3.62. The van der Waals surface area contributed by atoms with Gasteiger partial charge in [-0.15, -0.1) is 0 Å². The van der Waals surface area contributed by atoms with Crippen LogP contribution < -0.4 is 14.8 Å². The molecule has 0 heterocycles. The van der Waals surface area contributed by atoms with Crippen molar-refractivity contribution in [3.63, 3.8) is 0 Å². The predicted octanol–water partition coefficient (Wildman–Crippen LogP) is 0.338. The van der Waals surface area contributed by atoms with E-state index in [-0.39, 0.29) is 12.3 Å². The maximum atomic E-state index is 11.7. The first-order valence-electron chi connectivity index (χ1n) is 6.13. The van der Waals surface area contributed by atoms with Crippen LogP contribution in [-0.4, -0.2) is 33.6 Å². The Labute approximate surface area is 123 Å². The van der Waals surface area contributed by atoms with Crippen LogP contribution in [0.1, 0.15) is 24.9 Å². The second-order valence-corrected chi connectivity index (χ2v) is 6.28. The highest BCUT2D eigenvalue weighted by Crippen LogP contribution is 2.20. The molecule has 0 aromatic heterocycles. The van der Waals surface area contributed by atoms with Gasteiger partial charge in [-0.25, -0.2) is 8.42 Å². The highest BCUT2D eigenvalue weighted by molar-refractivity contribution is 7.89. The Morgan fingerprint density at radius 2 is 1.81 bits per heavy atom. The zero-order valence-corrected chi connectivity index (χ0v) is 12.9. The van der Waals surface area contributed by atoms with Crippen molar-refractivity contribution in [2.45, 2.75) is 19.4 Å². The van der Waals surface area contributed by atoms with Gasteiger partial charge in [0.05, 0.1) is 25.8 Å². The highest BCUT2D eigenvalue weighted by Gasteiger charge is 2.19. The van der Waals surface area contributed by atoms with Crippen LogP contribution in [0.15, 0.2) is 24.3 Å². The minimum Gasteiger partial charge on any atom is -0.497 e. The summed E-state index contributed by atoms with van der Waals surface area (Å²) in [5.41, 5.74) is 0.676. The molecule has 0 bridgehead atoms. The molecule has 0 spiro atoms. The molecule has 1 aromatic carbocycles. The van der Waals surface area contributed by atoms with E-state index in [1.54, 1.807) is 24.3 Å². The summed E-state index contributed by atoms with van der Waals surface area (Å²) >= 11 is 0. The summed E-state index contributed by atoms with van der Waals surface area (Å²) in [5, 5.41) is 2.61. The Hall–Kier alpha value is -2.09. The van der Waals surface area contributed by atoms with Crippen LogP contribution in [0, 0.1) is 0 Å². The molecule has 0 unspecified atom stereocenters. The van der Waals surface area contributed by atoms with E-state index in [1.807, 2.05) is 4.72 Å². The Balaban J connectivity index is 2.89. The van der Waals surface area contributed by atoms with E-state index in [1.165, 1.54) is 14.0 Å². The van der Waals surface area contributed by atoms with Gasteiger partial charge in [-0.2, -0.15) is 0 Å². The molecular formula is C13H18N2O5S. The molecule has 2 N–H and O–H groups in total. The molecule has 8 heteroatoms. The summed E-state index contributed by atoms with van der Waals surface area (Å²) in [6.45, 7) is 1.32. The van der Waals surface area contributed by atoms with Gasteiger partial charge in [-0.1, -0.05) is 12.1 Å². The lowest BCUT2D eigenvalue weighted by atomic mass is 10.0. The van der Waals surface area contributed by atoms with Crippen LogP contribution in [0.2, 0.25) is 0 Å². The van der Waals surface area contributed by atoms with Crippen molar-refractivity contribution in [1.82, 2.24) is 10.0 Å². The molecule has 0 radical (unpaired) electrons. The molecule has 2 amide bonds. The number of benzene rings is 1. The molecule has 1 aromatic rings. The van der Waals surface area contributed by atoms with Crippen molar-refractivity contribution < 1.29 is 22.7 Å². The van der Waals surface area contributed by atoms with Crippen molar-refractivity contribution in [3.8, 4) is 5.75 Å². The lowest BCUT2D eigenvalue weighted by Crippen LogP contribution is -2.35. The third-order valence-electron chi connectivity index (χ3n) is 2.58. The van der Waals surface area contributed by atoms with Gasteiger partial charge in [-0.05, 0) is 17.7 Å². The van der Waals surface area contributed by atoms with Crippen LogP contribution in [0.4, 0.5) is 0 Å². The monoisotopic (exact) mass is 314 g/mol. The zero-order chi connectivity index (χ0) is 16.0. The predicted molar refractivity (Wildman–Crippen MR) is 77.2 cm³/mol. The number of ether oxygens (including phenoxy) is 1. The fourth-order valence-corrected chi connectivity index (χ4v) is 2.26. The topological polar surface area (TPSA) is 102 Å². The summed E-state index contributed by atoms with van der Waals surface area (Å²) in [6.07, 6.45) is 0.713. The second kappa shape index (κ2) is 7.07. The number of carbonyl (C=O) groups is 2. The van der Waals surface area contributed by atoms with Crippen LogP contribution in [0.5, 0.6) is 5.75 Å². The van der Waals surface area contributed by atoms with E-state index in [4.69, 9.17) is 4.74 Å². The van der Waals surface area contributed by atoms with E-state index in [0.717, 1.165) is 6.26 Å². The van der Waals surface area contributed by atoms with Crippen LogP contribution in [0.3, 0.4) is 0 Å². The average molecular weight is 314 g/mol. The number of nitrogens with one attached hydrogen (secondary N) is 2. The number of amides is 2. The number of hydrogen-bond donors (Lipinski definition) is 2. The van der Waals surface area contributed by atoms with E-state index >= 15 is 0 Å². The molecule has 0 aliphatic carbocycles. The molecular weight excluding hydrogens is 296 g/mol. The van der Waals surface area contributed by atoms with Crippen molar-refractivity contribution in [2.75, 3.05) is 13.4 Å². The summed E-state index contributed by atoms with van der Waals surface area (Å²) < 4.78 is 29.0. The van der Waals surface area contributed by atoms with Crippen molar-refractivity contribution in [3.05, 3.63) is 29.8 Å². The number of hydrogen-bond acceptors (Lipinski definition) is 5. The number of rotatable bonds is 6. The number of carbonyl (C=O) groups excluding carboxylic acids is 2. The van der Waals surface area contributed by atoms with Gasteiger partial charge in [-0.3, -0.25) is 14.3 Å². The third kappa shape index (κ3) is 6.26. The molecule has 116 valence electrons. The smallest absolute Gasteiger partial charge is 0.235 e. The van der Waals surface area contributed by atoms with Gasteiger partial charge in [0.1, 0.15) is 5.75 Å². The first kappa shape index (κ1) is 17.0. The van der Waals surface area contributed by atoms with Gasteiger partial charge in [0.25, 0.3) is 0 Å². The quantitative estimate of drug-likeness (QED) is 0.788. The van der Waals surface area contributed by atoms with Gasteiger partial charge in [0.2, 0.25) is 21.8 Å². The minimum absolute atomic E-state index is 0.182. The van der Waals surface area contributed by atoms with Gasteiger partial charge in [0, 0.05) is 6.92 Å². The lowest BCUT2D eigenvalue weighted by Gasteiger charge is -2.18. The maximum Gasteiger partial charge on any atom is 0.235 e. The first-order valence-corrected chi connectivity index (χ1v) is 8.02. The number of sulfonamides is 1. The molecule has 7 nitrogen and oxygen atoms in total. The Kier molecular flexibility index (Phi) is 5.71. The maximum absolute atomic E-state index is 11.7. The zero-order valence-electron chi connectivity index (χ0n) is 12.0. The summed E-state index contributed by atoms with van der Waals surface area (Å²) in [4.78, 5) is 22.9. The molecule has 21 heavy (non-hydrogen) atoms. The fourth-order valence-electron chi connectivity index (χ4n) is 1.77. The van der Waals surface area contributed by atoms with Gasteiger partial charge >= 0.3 is 0 Å². The molecule has 0 aliphatic heterocycles. The normalized spacial score (nSPS) is 12.3. The molecule has 0 saturated heterocycles. The van der Waals surface area contributed by atoms with Crippen molar-refractivity contribution >= 4 is 21.8 Å². The summed E-state index contributed by atoms with van der Waals surface area (Å²) in [6, 6.07) is 6.17. The van der Waals surface area contributed by atoms with Crippen LogP contribution >= 0.6 is 0 Å². The average Bonchev–Trinajstić information content (AvgIpc) is 2.35.